The average molecular weight is 567 g/mol. The monoisotopic (exact) mass is 566 g/mol. The third-order valence-electron chi connectivity index (χ3n) is 7.50. The van der Waals surface area contributed by atoms with Crippen molar-refractivity contribution in [1.82, 2.24) is 20.4 Å². The van der Waals surface area contributed by atoms with Gasteiger partial charge in [-0.15, -0.1) is 10.2 Å². The van der Waals surface area contributed by atoms with Gasteiger partial charge < -0.3 is 20.1 Å². The first-order valence-electron chi connectivity index (χ1n) is 14.0. The molecule has 4 aromatic rings. The van der Waals surface area contributed by atoms with Gasteiger partial charge >= 0.3 is 0 Å². The molecule has 10 heteroatoms. The van der Waals surface area contributed by atoms with Gasteiger partial charge in [0.2, 0.25) is 11.8 Å². The minimum Gasteiger partial charge on any atom is -0.496 e. The smallest absolute Gasteiger partial charge is 0.230 e. The largest absolute Gasteiger partial charge is 0.496 e. The highest BCUT2D eigenvalue weighted by Gasteiger charge is 2.27. The van der Waals surface area contributed by atoms with Crippen LogP contribution in [-0.2, 0) is 22.4 Å². The van der Waals surface area contributed by atoms with Crippen LogP contribution < -0.4 is 20.1 Å². The van der Waals surface area contributed by atoms with E-state index in [9.17, 15) is 9.59 Å². The van der Waals surface area contributed by atoms with Crippen LogP contribution in [-0.4, -0.2) is 46.4 Å². The number of aromatic nitrogens is 4. The van der Waals surface area contributed by atoms with Crippen LogP contribution >= 0.6 is 0 Å². The van der Waals surface area contributed by atoms with Gasteiger partial charge in [0.25, 0.3) is 0 Å². The predicted octanol–water partition coefficient (Wildman–Crippen LogP) is 5.09. The van der Waals surface area contributed by atoms with E-state index in [2.05, 4.69) is 31.0 Å². The molecule has 2 atom stereocenters. The summed E-state index contributed by atoms with van der Waals surface area (Å²) < 4.78 is 10.7. The number of nitrogens with zero attached hydrogens (tertiary/aromatic N) is 4. The minimum absolute atomic E-state index is 0.183. The molecule has 42 heavy (non-hydrogen) atoms. The molecule has 0 spiro atoms. The molecule has 2 heterocycles. The van der Waals surface area contributed by atoms with Crippen LogP contribution in [0.3, 0.4) is 0 Å². The molecular weight excluding hydrogens is 532 g/mol. The van der Waals surface area contributed by atoms with Crippen molar-refractivity contribution in [2.75, 3.05) is 24.9 Å². The number of amides is 2. The molecule has 2 amide bonds. The van der Waals surface area contributed by atoms with Crippen LogP contribution in [0.1, 0.15) is 60.0 Å². The fourth-order valence-electron chi connectivity index (χ4n) is 5.40. The zero-order chi connectivity index (χ0) is 29.3. The Balaban J connectivity index is 1.14. The van der Waals surface area contributed by atoms with Crippen molar-refractivity contribution < 1.29 is 19.1 Å². The third-order valence-corrected chi connectivity index (χ3v) is 7.50. The number of hydrogen-bond donors (Lipinski definition) is 2. The Morgan fingerprint density at radius 1 is 0.667 bits per heavy atom. The number of para-hydroxylation sites is 2. The number of carbonyl (C=O) groups excluding carboxylic acids is 2. The SMILES string of the molecule is COc1ccccc1CC(=O)Nc1ccc([C@@H]2CCC[C@@H](c3ccc(NC(=O)Cc4ccccc4OC)nn3)C2)nn1. The minimum atomic E-state index is -0.183. The van der Waals surface area contributed by atoms with Gasteiger partial charge in [-0.2, -0.15) is 10.2 Å². The quantitative estimate of drug-likeness (QED) is 0.272. The van der Waals surface area contributed by atoms with Gasteiger partial charge in [0.15, 0.2) is 11.6 Å². The summed E-state index contributed by atoms with van der Waals surface area (Å²) in [6.07, 6.45) is 4.30. The van der Waals surface area contributed by atoms with Crippen LogP contribution in [0.25, 0.3) is 0 Å². The molecule has 1 saturated carbocycles. The number of benzene rings is 2. The van der Waals surface area contributed by atoms with Gasteiger partial charge in [-0.25, -0.2) is 0 Å². The van der Waals surface area contributed by atoms with E-state index in [1.54, 1.807) is 26.4 Å². The molecular formula is C32H34N6O4. The van der Waals surface area contributed by atoms with Gasteiger partial charge in [0.05, 0.1) is 38.4 Å². The Morgan fingerprint density at radius 3 is 1.52 bits per heavy atom. The second kappa shape index (κ2) is 13.7. The van der Waals surface area contributed by atoms with E-state index in [-0.39, 0.29) is 36.5 Å². The first kappa shape index (κ1) is 28.7. The molecule has 0 bridgehead atoms. The maximum absolute atomic E-state index is 12.6. The number of ether oxygens (including phenoxy) is 2. The Morgan fingerprint density at radius 2 is 1.12 bits per heavy atom. The Bertz CT molecular complexity index is 1400. The second-order valence-electron chi connectivity index (χ2n) is 10.3. The van der Waals surface area contributed by atoms with E-state index in [4.69, 9.17) is 9.47 Å². The van der Waals surface area contributed by atoms with Crippen LogP contribution in [0.15, 0.2) is 72.8 Å². The number of carbonyl (C=O) groups is 2. The molecule has 0 aliphatic heterocycles. The molecule has 0 unspecified atom stereocenters. The van der Waals surface area contributed by atoms with E-state index in [0.29, 0.717) is 23.1 Å². The number of hydrogen-bond acceptors (Lipinski definition) is 8. The standard InChI is InChI=1S/C32H34N6O4/c1-41-27-12-5-3-8-23(27)19-31(39)33-29-16-14-25(35-37-29)21-10-7-11-22(18-21)26-15-17-30(38-36-26)34-32(40)20-24-9-4-6-13-28(24)42-2/h3-6,8-9,12-17,21-22H,7,10-11,18-20H2,1-2H3,(H,33,37,39)(H,34,38,40)/t21-,22-/m1/s1. The molecule has 216 valence electrons. The molecule has 1 fully saturated rings. The van der Waals surface area contributed by atoms with Gasteiger partial charge in [-0.3, -0.25) is 9.59 Å². The lowest BCUT2D eigenvalue weighted by molar-refractivity contribution is -0.116. The normalized spacial score (nSPS) is 16.3. The molecule has 2 aromatic carbocycles. The van der Waals surface area contributed by atoms with Crippen LogP contribution in [0.5, 0.6) is 11.5 Å². The van der Waals surface area contributed by atoms with Gasteiger partial charge in [0, 0.05) is 23.0 Å². The lowest BCUT2D eigenvalue weighted by Gasteiger charge is -2.28. The summed E-state index contributed by atoms with van der Waals surface area (Å²) in [6.45, 7) is 0. The Kier molecular flexibility index (Phi) is 9.33. The molecule has 5 rings (SSSR count). The van der Waals surface area contributed by atoms with Gasteiger partial charge in [-0.1, -0.05) is 42.8 Å². The Hall–Kier alpha value is -4.86. The maximum Gasteiger partial charge on any atom is 0.230 e. The van der Waals surface area contributed by atoms with Crippen molar-refractivity contribution in [3.8, 4) is 11.5 Å². The fourth-order valence-corrected chi connectivity index (χ4v) is 5.40. The van der Waals surface area contributed by atoms with Crippen LogP contribution in [0, 0.1) is 0 Å². The van der Waals surface area contributed by atoms with E-state index >= 15 is 0 Å². The fraction of sp³-hybridized carbons (Fsp3) is 0.312. The summed E-state index contributed by atoms with van der Waals surface area (Å²) in [4.78, 5) is 25.1. The first-order valence-corrected chi connectivity index (χ1v) is 14.0. The highest BCUT2D eigenvalue weighted by molar-refractivity contribution is 5.92. The maximum atomic E-state index is 12.6. The molecule has 1 aliphatic carbocycles. The predicted molar refractivity (Wildman–Crippen MR) is 159 cm³/mol. The average Bonchev–Trinajstić information content (AvgIpc) is 3.02. The first-order chi connectivity index (χ1) is 20.5. The van der Waals surface area contributed by atoms with Crippen molar-refractivity contribution in [3.05, 3.63) is 95.3 Å². The molecule has 10 nitrogen and oxygen atoms in total. The van der Waals surface area contributed by atoms with Gasteiger partial charge in [-0.05, 0) is 55.7 Å². The van der Waals surface area contributed by atoms with E-state index < -0.39 is 0 Å². The summed E-state index contributed by atoms with van der Waals surface area (Å²) in [7, 11) is 3.17. The molecule has 1 aliphatic rings. The van der Waals surface area contributed by atoms with E-state index in [1.807, 2.05) is 60.7 Å². The summed E-state index contributed by atoms with van der Waals surface area (Å²) >= 11 is 0. The molecule has 0 radical (unpaired) electrons. The van der Waals surface area contributed by atoms with E-state index in [0.717, 1.165) is 48.2 Å². The number of nitrogens with one attached hydrogen (secondary N) is 2. The lowest BCUT2D eigenvalue weighted by Crippen LogP contribution is -2.19. The highest BCUT2D eigenvalue weighted by atomic mass is 16.5. The highest BCUT2D eigenvalue weighted by Crippen LogP contribution is 2.40. The zero-order valence-corrected chi connectivity index (χ0v) is 23.7. The van der Waals surface area contributed by atoms with Crippen molar-refractivity contribution in [2.45, 2.75) is 50.4 Å². The molecule has 0 saturated heterocycles. The van der Waals surface area contributed by atoms with Crippen LogP contribution in [0.2, 0.25) is 0 Å². The zero-order valence-electron chi connectivity index (χ0n) is 23.7. The summed E-state index contributed by atoms with van der Waals surface area (Å²) in [5.74, 6) is 2.28. The molecule has 2 N–H and O–H groups in total. The van der Waals surface area contributed by atoms with Gasteiger partial charge in [0.1, 0.15) is 11.5 Å². The second-order valence-corrected chi connectivity index (χ2v) is 10.3. The van der Waals surface area contributed by atoms with Crippen molar-refractivity contribution >= 4 is 23.5 Å². The van der Waals surface area contributed by atoms with Crippen molar-refractivity contribution in [3.63, 3.8) is 0 Å². The molecule has 2 aromatic heterocycles. The van der Waals surface area contributed by atoms with Crippen molar-refractivity contribution in [1.29, 1.82) is 0 Å². The Labute approximate surface area is 244 Å². The van der Waals surface area contributed by atoms with Crippen molar-refractivity contribution in [2.24, 2.45) is 0 Å². The lowest BCUT2D eigenvalue weighted by atomic mass is 9.78. The summed E-state index contributed by atoms with van der Waals surface area (Å²) in [5.41, 5.74) is 3.41. The topological polar surface area (TPSA) is 128 Å². The van der Waals surface area contributed by atoms with Crippen LogP contribution in [0.4, 0.5) is 11.6 Å². The summed E-state index contributed by atoms with van der Waals surface area (Å²) in [6, 6.07) is 22.4. The number of anilines is 2. The number of methoxy groups -OCH3 is 2. The summed E-state index contributed by atoms with van der Waals surface area (Å²) in [5, 5.41) is 23.0. The van der Waals surface area contributed by atoms with E-state index in [1.165, 1.54) is 0 Å². The third kappa shape index (κ3) is 7.25. The number of rotatable bonds is 10.